The van der Waals surface area contributed by atoms with E-state index in [2.05, 4.69) is 22.0 Å². The van der Waals surface area contributed by atoms with Gasteiger partial charge in [-0.25, -0.2) is 0 Å². The van der Waals surface area contributed by atoms with E-state index in [0.717, 1.165) is 63.0 Å². The molecule has 170 valence electrons. The summed E-state index contributed by atoms with van der Waals surface area (Å²) in [5.41, 5.74) is 1.14. The second-order valence-electron chi connectivity index (χ2n) is 7.36. The molecule has 1 fully saturated rings. The number of furan rings is 1. The molecule has 1 N–H and O–H groups in total. The fourth-order valence-electron chi connectivity index (χ4n) is 3.76. The predicted octanol–water partition coefficient (Wildman–Crippen LogP) is 2.63. The fourth-order valence-corrected chi connectivity index (χ4v) is 3.76. The van der Waals surface area contributed by atoms with Gasteiger partial charge >= 0.3 is 0 Å². The molecule has 0 aliphatic carbocycles. The standard InChI is InChI=1S/C23H34N4O4/c1-5-24-23(25-9-8-19-7-6-14-31-19)27-12-10-26(11-13-27)17-18-15-20(28-2)22(30-4)21(16-18)29-3/h6-7,14-16H,5,8-13,17H2,1-4H3,(H,24,25). The first kappa shape index (κ1) is 22.8. The van der Waals surface area contributed by atoms with Crippen molar-refractivity contribution >= 4 is 5.96 Å². The van der Waals surface area contributed by atoms with Crippen LogP contribution in [0.3, 0.4) is 0 Å². The lowest BCUT2D eigenvalue weighted by atomic mass is 10.1. The van der Waals surface area contributed by atoms with Gasteiger partial charge in [-0.3, -0.25) is 9.89 Å². The molecule has 0 bridgehead atoms. The van der Waals surface area contributed by atoms with Crippen molar-refractivity contribution in [2.75, 3.05) is 60.6 Å². The van der Waals surface area contributed by atoms with E-state index in [1.807, 2.05) is 24.3 Å². The maximum Gasteiger partial charge on any atom is 0.203 e. The van der Waals surface area contributed by atoms with Crippen LogP contribution in [-0.4, -0.2) is 76.4 Å². The van der Waals surface area contributed by atoms with E-state index in [1.54, 1.807) is 27.6 Å². The molecule has 2 aromatic rings. The Labute approximate surface area is 184 Å². The minimum Gasteiger partial charge on any atom is -0.493 e. The Morgan fingerprint density at radius 1 is 1.06 bits per heavy atom. The van der Waals surface area contributed by atoms with Gasteiger partial charge in [0.05, 0.1) is 27.6 Å². The maximum atomic E-state index is 5.49. The second kappa shape index (κ2) is 11.5. The Morgan fingerprint density at radius 2 is 1.77 bits per heavy atom. The lowest BCUT2D eigenvalue weighted by molar-refractivity contribution is 0.172. The Kier molecular flexibility index (Phi) is 8.46. The molecule has 8 nitrogen and oxygen atoms in total. The first-order valence-corrected chi connectivity index (χ1v) is 10.7. The van der Waals surface area contributed by atoms with Gasteiger partial charge in [0.2, 0.25) is 5.75 Å². The van der Waals surface area contributed by atoms with Crippen molar-refractivity contribution in [2.24, 2.45) is 4.99 Å². The van der Waals surface area contributed by atoms with Crippen LogP contribution in [0.2, 0.25) is 0 Å². The molecule has 0 unspecified atom stereocenters. The van der Waals surface area contributed by atoms with Gasteiger partial charge in [-0.15, -0.1) is 0 Å². The van der Waals surface area contributed by atoms with Crippen LogP contribution >= 0.6 is 0 Å². The number of guanidine groups is 1. The molecule has 0 spiro atoms. The molecule has 3 rings (SSSR count). The normalized spacial score (nSPS) is 15.1. The molecule has 2 heterocycles. The summed E-state index contributed by atoms with van der Waals surface area (Å²) >= 11 is 0. The Bertz CT molecular complexity index is 805. The number of piperazine rings is 1. The smallest absolute Gasteiger partial charge is 0.203 e. The van der Waals surface area contributed by atoms with Crippen LogP contribution in [0.1, 0.15) is 18.2 Å². The van der Waals surface area contributed by atoms with Gasteiger partial charge in [0, 0.05) is 52.2 Å². The molecule has 1 aromatic heterocycles. The molecular weight excluding hydrogens is 396 g/mol. The summed E-state index contributed by atoms with van der Waals surface area (Å²) in [5, 5.41) is 3.42. The highest BCUT2D eigenvalue weighted by atomic mass is 16.5. The number of nitrogens with zero attached hydrogens (tertiary/aromatic N) is 3. The van der Waals surface area contributed by atoms with Gasteiger partial charge in [0.1, 0.15) is 5.76 Å². The summed E-state index contributed by atoms with van der Waals surface area (Å²) in [5.74, 6) is 3.94. The van der Waals surface area contributed by atoms with E-state index in [9.17, 15) is 0 Å². The van der Waals surface area contributed by atoms with Gasteiger partial charge in [-0.1, -0.05) is 0 Å². The fraction of sp³-hybridized carbons (Fsp3) is 0.522. The van der Waals surface area contributed by atoms with Crippen molar-refractivity contribution in [3.63, 3.8) is 0 Å². The summed E-state index contributed by atoms with van der Waals surface area (Å²) in [7, 11) is 4.91. The van der Waals surface area contributed by atoms with Gasteiger partial charge in [-0.2, -0.15) is 0 Å². The number of rotatable bonds is 9. The van der Waals surface area contributed by atoms with Gasteiger partial charge in [0.25, 0.3) is 0 Å². The van der Waals surface area contributed by atoms with E-state index >= 15 is 0 Å². The number of aliphatic imine (C=N–C) groups is 1. The molecule has 1 aliphatic rings. The second-order valence-corrected chi connectivity index (χ2v) is 7.36. The third-order valence-corrected chi connectivity index (χ3v) is 5.34. The van der Waals surface area contributed by atoms with Crippen molar-refractivity contribution in [1.29, 1.82) is 0 Å². The minimum atomic E-state index is 0.625. The van der Waals surface area contributed by atoms with Crippen molar-refractivity contribution < 1.29 is 18.6 Å². The van der Waals surface area contributed by atoms with E-state index in [1.165, 1.54) is 0 Å². The maximum absolute atomic E-state index is 5.49. The lowest BCUT2D eigenvalue weighted by Crippen LogP contribution is -2.52. The minimum absolute atomic E-state index is 0.625. The van der Waals surface area contributed by atoms with E-state index in [-0.39, 0.29) is 0 Å². The summed E-state index contributed by atoms with van der Waals surface area (Å²) in [4.78, 5) is 9.56. The predicted molar refractivity (Wildman–Crippen MR) is 121 cm³/mol. The molecule has 1 saturated heterocycles. The van der Waals surface area contributed by atoms with Crippen LogP contribution in [0.15, 0.2) is 39.9 Å². The largest absolute Gasteiger partial charge is 0.493 e. The third-order valence-electron chi connectivity index (χ3n) is 5.34. The first-order chi connectivity index (χ1) is 15.2. The van der Waals surface area contributed by atoms with E-state index < -0.39 is 0 Å². The number of methoxy groups -OCH3 is 3. The zero-order valence-corrected chi connectivity index (χ0v) is 19.0. The van der Waals surface area contributed by atoms with Crippen molar-refractivity contribution in [3.8, 4) is 17.2 Å². The zero-order chi connectivity index (χ0) is 22.1. The van der Waals surface area contributed by atoms with Crippen LogP contribution in [0.25, 0.3) is 0 Å². The number of ether oxygens (including phenoxy) is 3. The van der Waals surface area contributed by atoms with E-state index in [4.69, 9.17) is 23.6 Å². The van der Waals surface area contributed by atoms with Crippen molar-refractivity contribution in [2.45, 2.75) is 19.9 Å². The highest BCUT2D eigenvalue weighted by Crippen LogP contribution is 2.38. The highest BCUT2D eigenvalue weighted by molar-refractivity contribution is 5.80. The molecular formula is C23H34N4O4. The van der Waals surface area contributed by atoms with Crippen LogP contribution in [0.4, 0.5) is 0 Å². The third kappa shape index (κ3) is 6.07. The van der Waals surface area contributed by atoms with E-state index in [0.29, 0.717) is 23.8 Å². The number of hydrogen-bond acceptors (Lipinski definition) is 6. The first-order valence-electron chi connectivity index (χ1n) is 10.7. The topological polar surface area (TPSA) is 71.7 Å². The number of hydrogen-bond donors (Lipinski definition) is 1. The molecule has 31 heavy (non-hydrogen) atoms. The van der Waals surface area contributed by atoms with Crippen LogP contribution < -0.4 is 19.5 Å². The zero-order valence-electron chi connectivity index (χ0n) is 19.0. The number of nitrogens with one attached hydrogen (secondary N) is 1. The molecule has 0 atom stereocenters. The molecule has 0 amide bonds. The lowest BCUT2D eigenvalue weighted by Gasteiger charge is -2.36. The van der Waals surface area contributed by atoms with Crippen molar-refractivity contribution in [1.82, 2.24) is 15.1 Å². The molecule has 0 radical (unpaired) electrons. The van der Waals surface area contributed by atoms with Crippen LogP contribution in [-0.2, 0) is 13.0 Å². The summed E-state index contributed by atoms with van der Waals surface area (Å²) in [6.45, 7) is 8.26. The summed E-state index contributed by atoms with van der Waals surface area (Å²) < 4.78 is 21.8. The average molecular weight is 431 g/mol. The molecule has 8 heteroatoms. The van der Waals surface area contributed by atoms with Crippen molar-refractivity contribution in [3.05, 3.63) is 41.9 Å². The van der Waals surface area contributed by atoms with Gasteiger partial charge in [-0.05, 0) is 36.8 Å². The van der Waals surface area contributed by atoms with Gasteiger partial charge in [0.15, 0.2) is 17.5 Å². The molecule has 1 aliphatic heterocycles. The number of benzene rings is 1. The highest BCUT2D eigenvalue weighted by Gasteiger charge is 2.21. The Morgan fingerprint density at radius 3 is 2.32 bits per heavy atom. The van der Waals surface area contributed by atoms with Crippen LogP contribution in [0, 0.1) is 0 Å². The molecule has 0 saturated carbocycles. The SMILES string of the molecule is CCNC(=NCCc1ccco1)N1CCN(Cc2cc(OC)c(OC)c(OC)c2)CC1. The van der Waals surface area contributed by atoms with Gasteiger partial charge < -0.3 is 28.8 Å². The summed E-state index contributed by atoms with van der Waals surface area (Å²) in [6, 6.07) is 7.95. The van der Waals surface area contributed by atoms with Crippen LogP contribution in [0.5, 0.6) is 17.2 Å². The monoisotopic (exact) mass is 430 g/mol. The summed E-state index contributed by atoms with van der Waals surface area (Å²) in [6.07, 6.45) is 2.51. The Balaban J connectivity index is 1.57. The quantitative estimate of drug-likeness (QED) is 0.484. The average Bonchev–Trinajstić information content (AvgIpc) is 3.32. The molecule has 1 aromatic carbocycles. The Hall–Kier alpha value is -2.87.